The fraction of sp³-hybridized carbons (Fsp3) is 0.333. The normalized spacial score (nSPS) is 12.5. The van der Waals surface area contributed by atoms with Crippen molar-refractivity contribution in [2.24, 2.45) is 0 Å². The molecular formula is C27H32O3. The average Bonchev–Trinajstić information content (AvgIpc) is 2.67. The first kappa shape index (κ1) is 21.9. The van der Waals surface area contributed by atoms with Gasteiger partial charge >= 0.3 is 0 Å². The molecule has 0 aliphatic carbocycles. The summed E-state index contributed by atoms with van der Waals surface area (Å²) in [5.41, 5.74) is 0.514. The lowest BCUT2D eigenvalue weighted by atomic mass is 9.80. The van der Waals surface area contributed by atoms with Gasteiger partial charge in [-0.25, -0.2) is 0 Å². The molecule has 0 saturated heterocycles. The van der Waals surface area contributed by atoms with E-state index in [2.05, 4.69) is 0 Å². The molecule has 0 aliphatic rings. The van der Waals surface area contributed by atoms with E-state index in [-0.39, 0.29) is 11.2 Å². The van der Waals surface area contributed by atoms with Crippen LogP contribution in [0.3, 0.4) is 0 Å². The third-order valence-corrected chi connectivity index (χ3v) is 4.58. The molecule has 0 spiro atoms. The molecule has 30 heavy (non-hydrogen) atoms. The van der Waals surface area contributed by atoms with E-state index in [1.54, 1.807) is 0 Å². The van der Waals surface area contributed by atoms with Gasteiger partial charge < -0.3 is 14.6 Å². The van der Waals surface area contributed by atoms with E-state index >= 15 is 0 Å². The molecule has 3 rings (SSSR count). The van der Waals surface area contributed by atoms with E-state index in [0.717, 1.165) is 28.2 Å². The van der Waals surface area contributed by atoms with Crippen molar-refractivity contribution in [2.75, 3.05) is 0 Å². The van der Waals surface area contributed by atoms with Crippen LogP contribution in [-0.4, -0.2) is 16.3 Å². The summed E-state index contributed by atoms with van der Waals surface area (Å²) in [6.07, 6.45) is 0. The highest BCUT2D eigenvalue weighted by atomic mass is 16.5. The minimum Gasteiger partial charge on any atom is -0.488 e. The molecule has 0 fully saturated rings. The van der Waals surface area contributed by atoms with E-state index in [0.29, 0.717) is 0 Å². The van der Waals surface area contributed by atoms with Crippen molar-refractivity contribution in [1.82, 2.24) is 0 Å². The topological polar surface area (TPSA) is 38.7 Å². The maximum Gasteiger partial charge on any atom is 0.140 e. The number of rotatable bonds is 5. The van der Waals surface area contributed by atoms with Crippen LogP contribution in [0.2, 0.25) is 0 Å². The summed E-state index contributed by atoms with van der Waals surface area (Å²) in [7, 11) is 0. The zero-order chi connectivity index (χ0) is 22.0. The van der Waals surface area contributed by atoms with Gasteiger partial charge in [0.15, 0.2) is 0 Å². The molecule has 0 aliphatic heterocycles. The highest BCUT2D eigenvalue weighted by Gasteiger charge is 2.34. The number of hydrogen-bond donors (Lipinski definition) is 1. The minimum atomic E-state index is -1.29. The van der Waals surface area contributed by atoms with Gasteiger partial charge in [0.1, 0.15) is 28.3 Å². The van der Waals surface area contributed by atoms with Crippen LogP contribution in [0.15, 0.2) is 78.9 Å². The van der Waals surface area contributed by atoms with Crippen molar-refractivity contribution in [3.63, 3.8) is 0 Å². The van der Waals surface area contributed by atoms with Crippen molar-refractivity contribution >= 4 is 0 Å². The molecule has 3 aromatic rings. The zero-order valence-corrected chi connectivity index (χ0v) is 18.8. The van der Waals surface area contributed by atoms with Crippen LogP contribution in [0.1, 0.15) is 58.2 Å². The predicted octanol–water partition coefficient (Wildman–Crippen LogP) is 6.33. The molecule has 0 bridgehead atoms. The quantitative estimate of drug-likeness (QED) is 0.505. The fourth-order valence-electron chi connectivity index (χ4n) is 3.41. The van der Waals surface area contributed by atoms with Crippen molar-refractivity contribution in [3.05, 3.63) is 95.6 Å². The number of aliphatic hydroxyl groups is 1. The van der Waals surface area contributed by atoms with Gasteiger partial charge in [0.25, 0.3) is 0 Å². The van der Waals surface area contributed by atoms with E-state index in [1.165, 1.54) is 0 Å². The van der Waals surface area contributed by atoms with Crippen LogP contribution in [0, 0.1) is 0 Å². The van der Waals surface area contributed by atoms with Crippen molar-refractivity contribution in [1.29, 1.82) is 0 Å². The second kappa shape index (κ2) is 8.16. The maximum atomic E-state index is 12.0. The lowest BCUT2D eigenvalue weighted by molar-refractivity contribution is 0.122. The predicted molar refractivity (Wildman–Crippen MR) is 122 cm³/mol. The van der Waals surface area contributed by atoms with Crippen molar-refractivity contribution < 1.29 is 14.6 Å². The third-order valence-electron chi connectivity index (χ3n) is 4.58. The maximum absolute atomic E-state index is 12.0. The Bertz CT molecular complexity index is 885. The van der Waals surface area contributed by atoms with Gasteiger partial charge in [-0.05, 0) is 82.5 Å². The molecule has 0 radical (unpaired) electrons. The van der Waals surface area contributed by atoms with Gasteiger partial charge in [0.05, 0.1) is 0 Å². The Hall–Kier alpha value is -2.78. The molecule has 1 N–H and O–H groups in total. The monoisotopic (exact) mass is 404 g/mol. The smallest absolute Gasteiger partial charge is 0.140 e. The first-order valence-corrected chi connectivity index (χ1v) is 10.3. The lowest BCUT2D eigenvalue weighted by Crippen LogP contribution is -2.29. The van der Waals surface area contributed by atoms with Crippen LogP contribution in [0.4, 0.5) is 0 Å². The summed E-state index contributed by atoms with van der Waals surface area (Å²) in [5, 5.41) is 12.0. The highest BCUT2D eigenvalue weighted by molar-refractivity contribution is 5.49. The summed E-state index contributed by atoms with van der Waals surface area (Å²) in [5.74, 6) is 1.55. The van der Waals surface area contributed by atoms with Crippen LogP contribution < -0.4 is 9.47 Å². The molecule has 0 saturated carbocycles. The van der Waals surface area contributed by atoms with E-state index in [9.17, 15) is 5.11 Å². The van der Waals surface area contributed by atoms with Crippen LogP contribution in [0.5, 0.6) is 11.5 Å². The van der Waals surface area contributed by atoms with E-state index in [1.807, 2.05) is 120 Å². The van der Waals surface area contributed by atoms with E-state index < -0.39 is 5.60 Å². The first-order valence-electron chi connectivity index (χ1n) is 10.3. The van der Waals surface area contributed by atoms with Crippen LogP contribution >= 0.6 is 0 Å². The Labute approximate surface area is 180 Å². The molecule has 0 amide bonds. The molecule has 0 aromatic heterocycles. The molecule has 0 heterocycles. The molecule has 3 nitrogen and oxygen atoms in total. The van der Waals surface area contributed by atoms with Gasteiger partial charge in [-0.1, -0.05) is 54.6 Å². The Kier molecular flexibility index (Phi) is 5.96. The standard InChI is InChI=1S/C27H32O3/c1-25(2,3)29-23-16-12-21(13-17-23)27(28,20-10-8-7-9-11-20)22-14-18-24(19-15-22)30-26(4,5)6/h7-19,28H,1-6H3. The Morgan fingerprint density at radius 2 is 0.833 bits per heavy atom. The SMILES string of the molecule is CC(C)(C)Oc1ccc(C(O)(c2ccccc2)c2ccc(OC(C)(C)C)cc2)cc1. The number of ether oxygens (including phenoxy) is 2. The summed E-state index contributed by atoms with van der Waals surface area (Å²) in [6.45, 7) is 12.1. The fourth-order valence-corrected chi connectivity index (χ4v) is 3.41. The molecule has 158 valence electrons. The van der Waals surface area contributed by atoms with Gasteiger partial charge in [-0.3, -0.25) is 0 Å². The van der Waals surface area contributed by atoms with Gasteiger partial charge in [0.2, 0.25) is 0 Å². The number of hydrogen-bond acceptors (Lipinski definition) is 3. The average molecular weight is 405 g/mol. The van der Waals surface area contributed by atoms with E-state index in [4.69, 9.17) is 9.47 Å². The Balaban J connectivity index is 2.03. The van der Waals surface area contributed by atoms with Crippen LogP contribution in [-0.2, 0) is 5.60 Å². The summed E-state index contributed by atoms with van der Waals surface area (Å²) >= 11 is 0. The first-order chi connectivity index (χ1) is 14.0. The molecule has 0 atom stereocenters. The molecule has 0 unspecified atom stereocenters. The largest absolute Gasteiger partial charge is 0.488 e. The van der Waals surface area contributed by atoms with Crippen molar-refractivity contribution in [2.45, 2.75) is 58.3 Å². The third kappa shape index (κ3) is 5.22. The highest BCUT2D eigenvalue weighted by Crippen LogP contribution is 2.38. The van der Waals surface area contributed by atoms with Crippen molar-refractivity contribution in [3.8, 4) is 11.5 Å². The Morgan fingerprint density at radius 3 is 1.17 bits per heavy atom. The van der Waals surface area contributed by atoms with Crippen LogP contribution in [0.25, 0.3) is 0 Å². The molecule has 3 heteroatoms. The summed E-state index contributed by atoms with van der Waals surface area (Å²) in [4.78, 5) is 0. The summed E-state index contributed by atoms with van der Waals surface area (Å²) in [6, 6.07) is 25.0. The van der Waals surface area contributed by atoms with Gasteiger partial charge in [-0.2, -0.15) is 0 Å². The second-order valence-electron chi connectivity index (χ2n) is 9.55. The Morgan fingerprint density at radius 1 is 0.500 bits per heavy atom. The lowest BCUT2D eigenvalue weighted by Gasteiger charge is -2.31. The van der Waals surface area contributed by atoms with Gasteiger partial charge in [0, 0.05) is 0 Å². The second-order valence-corrected chi connectivity index (χ2v) is 9.55. The minimum absolute atomic E-state index is 0.278. The number of benzene rings is 3. The van der Waals surface area contributed by atoms with Gasteiger partial charge in [-0.15, -0.1) is 0 Å². The molecular weight excluding hydrogens is 372 g/mol. The molecule has 3 aromatic carbocycles. The zero-order valence-electron chi connectivity index (χ0n) is 18.8. The summed E-state index contributed by atoms with van der Waals surface area (Å²) < 4.78 is 11.9.